The van der Waals surface area contributed by atoms with E-state index in [-0.39, 0.29) is 12.0 Å². The van der Waals surface area contributed by atoms with Crippen LogP contribution < -0.4 is 16.4 Å². The van der Waals surface area contributed by atoms with Gasteiger partial charge in [-0.3, -0.25) is 4.79 Å². The molecule has 0 aromatic rings. The molecule has 4 N–H and O–H groups in total. The fourth-order valence-electron chi connectivity index (χ4n) is 1.50. The molecule has 1 heterocycles. The zero-order chi connectivity index (χ0) is 9.84. The van der Waals surface area contributed by atoms with E-state index in [1.54, 1.807) is 0 Å². The number of amides is 1. The van der Waals surface area contributed by atoms with Crippen LogP contribution in [0.4, 0.5) is 0 Å². The summed E-state index contributed by atoms with van der Waals surface area (Å²) in [5.74, 6) is -0.301. The van der Waals surface area contributed by atoms with Gasteiger partial charge < -0.3 is 16.4 Å². The molecule has 0 aromatic heterocycles. The summed E-state index contributed by atoms with van der Waals surface area (Å²) in [6, 6.07) is 0.272. The highest BCUT2D eigenvalue weighted by Crippen LogP contribution is 2.13. The van der Waals surface area contributed by atoms with E-state index >= 15 is 0 Å². The Morgan fingerprint density at radius 1 is 1.62 bits per heavy atom. The SMILES string of the molecule is C=C(C(N)=O)C(C)C1CNCCN1. The van der Waals surface area contributed by atoms with E-state index < -0.39 is 5.91 Å². The zero-order valence-corrected chi connectivity index (χ0v) is 7.97. The molecule has 4 heteroatoms. The number of hydrogen-bond acceptors (Lipinski definition) is 3. The first-order valence-electron chi connectivity index (χ1n) is 4.55. The van der Waals surface area contributed by atoms with Crippen molar-refractivity contribution in [1.82, 2.24) is 10.6 Å². The highest BCUT2D eigenvalue weighted by atomic mass is 16.1. The van der Waals surface area contributed by atoms with E-state index in [9.17, 15) is 4.79 Å². The smallest absolute Gasteiger partial charge is 0.244 e. The second-order valence-electron chi connectivity index (χ2n) is 3.44. The van der Waals surface area contributed by atoms with E-state index in [4.69, 9.17) is 5.73 Å². The topological polar surface area (TPSA) is 67.2 Å². The molecule has 0 radical (unpaired) electrons. The third-order valence-corrected chi connectivity index (χ3v) is 2.54. The van der Waals surface area contributed by atoms with E-state index in [1.807, 2.05) is 6.92 Å². The molecule has 1 saturated heterocycles. The van der Waals surface area contributed by atoms with E-state index in [2.05, 4.69) is 17.2 Å². The maximum Gasteiger partial charge on any atom is 0.244 e. The molecular formula is C9H17N3O. The summed E-state index contributed by atoms with van der Waals surface area (Å²) >= 11 is 0. The summed E-state index contributed by atoms with van der Waals surface area (Å²) in [5, 5.41) is 6.58. The molecule has 0 aliphatic carbocycles. The highest BCUT2D eigenvalue weighted by Gasteiger charge is 2.23. The number of hydrogen-bond donors (Lipinski definition) is 3. The van der Waals surface area contributed by atoms with Crippen LogP contribution in [0.1, 0.15) is 6.92 Å². The van der Waals surface area contributed by atoms with Crippen molar-refractivity contribution in [3.8, 4) is 0 Å². The minimum Gasteiger partial charge on any atom is -0.366 e. The van der Waals surface area contributed by atoms with Crippen molar-refractivity contribution in [1.29, 1.82) is 0 Å². The molecular weight excluding hydrogens is 166 g/mol. The van der Waals surface area contributed by atoms with Crippen LogP contribution in [0.3, 0.4) is 0 Å². The third kappa shape index (κ3) is 2.54. The zero-order valence-electron chi connectivity index (χ0n) is 7.97. The van der Waals surface area contributed by atoms with E-state index in [0.29, 0.717) is 5.57 Å². The molecule has 0 bridgehead atoms. The lowest BCUT2D eigenvalue weighted by molar-refractivity contribution is -0.115. The van der Waals surface area contributed by atoms with Crippen molar-refractivity contribution in [2.24, 2.45) is 11.7 Å². The summed E-state index contributed by atoms with van der Waals surface area (Å²) < 4.78 is 0. The Morgan fingerprint density at radius 3 is 2.77 bits per heavy atom. The standard InChI is InChI=1S/C9H17N3O/c1-6(7(2)9(10)13)8-5-11-3-4-12-8/h6,8,11-12H,2-5H2,1H3,(H2,10,13). The van der Waals surface area contributed by atoms with Gasteiger partial charge in [-0.15, -0.1) is 0 Å². The quantitative estimate of drug-likeness (QED) is 0.503. The van der Waals surface area contributed by atoms with Crippen LogP contribution >= 0.6 is 0 Å². The molecule has 2 unspecified atom stereocenters. The first-order chi connectivity index (χ1) is 6.13. The van der Waals surface area contributed by atoms with Gasteiger partial charge in [-0.1, -0.05) is 13.5 Å². The molecule has 0 spiro atoms. The molecule has 1 aliphatic heterocycles. The fourth-order valence-corrected chi connectivity index (χ4v) is 1.50. The van der Waals surface area contributed by atoms with Crippen LogP contribution in [0.15, 0.2) is 12.2 Å². The Kier molecular flexibility index (Phi) is 3.45. The number of piperazine rings is 1. The van der Waals surface area contributed by atoms with Crippen LogP contribution in [0.5, 0.6) is 0 Å². The summed E-state index contributed by atoms with van der Waals surface area (Å²) in [4.78, 5) is 10.9. The Morgan fingerprint density at radius 2 is 2.31 bits per heavy atom. The lowest BCUT2D eigenvalue weighted by Gasteiger charge is -2.29. The Bertz CT molecular complexity index is 209. The Balaban J connectivity index is 2.49. The van der Waals surface area contributed by atoms with Gasteiger partial charge in [0.25, 0.3) is 0 Å². The lowest BCUT2D eigenvalue weighted by atomic mass is 9.93. The molecule has 1 fully saturated rings. The highest BCUT2D eigenvalue weighted by molar-refractivity contribution is 5.91. The molecule has 0 aromatic carbocycles. The van der Waals surface area contributed by atoms with Gasteiger partial charge in [-0.25, -0.2) is 0 Å². The van der Waals surface area contributed by atoms with Crippen molar-refractivity contribution < 1.29 is 4.79 Å². The van der Waals surface area contributed by atoms with Gasteiger partial charge in [-0.05, 0) is 0 Å². The van der Waals surface area contributed by atoms with Crippen molar-refractivity contribution >= 4 is 5.91 Å². The van der Waals surface area contributed by atoms with Crippen LogP contribution in [-0.4, -0.2) is 31.6 Å². The maximum atomic E-state index is 10.9. The normalized spacial score (nSPS) is 25.2. The molecule has 1 aliphatic rings. The van der Waals surface area contributed by atoms with E-state index in [1.165, 1.54) is 0 Å². The van der Waals surface area contributed by atoms with Gasteiger partial charge in [0.1, 0.15) is 0 Å². The first kappa shape index (κ1) is 10.2. The van der Waals surface area contributed by atoms with Gasteiger partial charge in [0.2, 0.25) is 5.91 Å². The molecule has 4 nitrogen and oxygen atoms in total. The minimum absolute atomic E-state index is 0.102. The molecule has 74 valence electrons. The molecule has 13 heavy (non-hydrogen) atoms. The van der Waals surface area contributed by atoms with Crippen LogP contribution in [0.2, 0.25) is 0 Å². The summed E-state index contributed by atoms with van der Waals surface area (Å²) in [5.41, 5.74) is 5.66. The Hall–Kier alpha value is -0.870. The minimum atomic E-state index is -0.403. The van der Waals surface area contributed by atoms with Gasteiger partial charge in [-0.2, -0.15) is 0 Å². The number of carbonyl (C=O) groups excluding carboxylic acids is 1. The van der Waals surface area contributed by atoms with Crippen molar-refractivity contribution in [3.63, 3.8) is 0 Å². The van der Waals surface area contributed by atoms with Gasteiger partial charge in [0.05, 0.1) is 0 Å². The number of carbonyl (C=O) groups is 1. The number of rotatable bonds is 3. The lowest BCUT2D eigenvalue weighted by Crippen LogP contribution is -2.52. The van der Waals surface area contributed by atoms with Crippen molar-refractivity contribution in [2.75, 3.05) is 19.6 Å². The predicted octanol–water partition coefficient (Wildman–Crippen LogP) is -0.775. The average Bonchev–Trinajstić information content (AvgIpc) is 2.17. The molecule has 1 amide bonds. The van der Waals surface area contributed by atoms with Gasteiger partial charge in [0, 0.05) is 37.2 Å². The average molecular weight is 183 g/mol. The summed E-state index contributed by atoms with van der Waals surface area (Å²) in [7, 11) is 0. The van der Waals surface area contributed by atoms with Crippen molar-refractivity contribution in [2.45, 2.75) is 13.0 Å². The summed E-state index contributed by atoms with van der Waals surface area (Å²) in [6.07, 6.45) is 0. The van der Waals surface area contributed by atoms with E-state index in [0.717, 1.165) is 19.6 Å². The predicted molar refractivity (Wildman–Crippen MR) is 52.2 cm³/mol. The fraction of sp³-hybridized carbons (Fsp3) is 0.667. The maximum absolute atomic E-state index is 10.9. The first-order valence-corrected chi connectivity index (χ1v) is 4.55. The van der Waals surface area contributed by atoms with Crippen LogP contribution in [-0.2, 0) is 4.79 Å². The van der Waals surface area contributed by atoms with Gasteiger partial charge >= 0.3 is 0 Å². The molecule has 2 atom stereocenters. The summed E-state index contributed by atoms with van der Waals surface area (Å²) in [6.45, 7) is 8.44. The van der Waals surface area contributed by atoms with Crippen LogP contribution in [0.25, 0.3) is 0 Å². The second-order valence-corrected chi connectivity index (χ2v) is 3.44. The number of primary amides is 1. The monoisotopic (exact) mass is 183 g/mol. The van der Waals surface area contributed by atoms with Gasteiger partial charge in [0.15, 0.2) is 0 Å². The molecule has 1 rings (SSSR count). The van der Waals surface area contributed by atoms with Crippen LogP contribution in [0, 0.1) is 5.92 Å². The Labute approximate surface area is 78.6 Å². The second kappa shape index (κ2) is 4.39. The largest absolute Gasteiger partial charge is 0.366 e. The molecule has 0 saturated carbocycles. The number of nitrogens with one attached hydrogen (secondary N) is 2. The number of nitrogens with two attached hydrogens (primary N) is 1. The van der Waals surface area contributed by atoms with Crippen molar-refractivity contribution in [3.05, 3.63) is 12.2 Å². The third-order valence-electron chi connectivity index (χ3n) is 2.54.